The molecular weight excluding hydrogens is 404 g/mol. The minimum absolute atomic E-state index is 0.130. The van der Waals surface area contributed by atoms with E-state index in [9.17, 15) is 9.59 Å². The molecule has 0 radical (unpaired) electrons. The molecule has 0 amide bonds. The van der Waals surface area contributed by atoms with Gasteiger partial charge in [0, 0.05) is 50.2 Å². The van der Waals surface area contributed by atoms with Gasteiger partial charge in [-0.3, -0.25) is 14.1 Å². The number of ether oxygens (including phenoxy) is 1. The maximum atomic E-state index is 12.4. The molecule has 3 aromatic rings. The molecular formula is C22H23ClN4O3. The Kier molecular flexibility index (Phi) is 5.74. The number of piperazine rings is 1. The summed E-state index contributed by atoms with van der Waals surface area (Å²) in [5, 5.41) is 0.503. The van der Waals surface area contributed by atoms with Crippen molar-refractivity contribution in [1.29, 1.82) is 0 Å². The molecule has 8 heteroatoms. The number of aromatic nitrogens is 2. The number of esters is 1. The number of anilines is 1. The Morgan fingerprint density at radius 3 is 2.67 bits per heavy atom. The summed E-state index contributed by atoms with van der Waals surface area (Å²) in [5.41, 5.74) is 2.84. The van der Waals surface area contributed by atoms with E-state index >= 15 is 0 Å². The largest absolute Gasteiger partial charge is 0.465 e. The Morgan fingerprint density at radius 1 is 1.20 bits per heavy atom. The van der Waals surface area contributed by atoms with Crippen LogP contribution in [0.25, 0.3) is 5.65 Å². The zero-order chi connectivity index (χ0) is 21.3. The highest BCUT2D eigenvalue weighted by Gasteiger charge is 2.24. The molecule has 156 valence electrons. The highest BCUT2D eigenvalue weighted by atomic mass is 35.5. The van der Waals surface area contributed by atoms with Crippen molar-refractivity contribution >= 4 is 28.9 Å². The molecule has 7 nitrogen and oxygen atoms in total. The first-order valence-electron chi connectivity index (χ1n) is 9.80. The second-order valence-electron chi connectivity index (χ2n) is 7.47. The number of hydrogen-bond donors (Lipinski definition) is 0. The molecule has 1 aromatic carbocycles. The van der Waals surface area contributed by atoms with Gasteiger partial charge >= 0.3 is 5.97 Å². The standard InChI is InChI=1S/C22H23ClN4O3/c1-15-12-26(19-6-3-16(4-7-19)22(29)30-2)10-9-25(15)14-18-11-21(28)27-13-17(23)5-8-20(27)24-18/h3-8,11,13,15H,9-10,12,14H2,1-2H3. The van der Waals surface area contributed by atoms with Crippen LogP contribution in [0.1, 0.15) is 23.0 Å². The molecule has 3 heterocycles. The average Bonchev–Trinajstić information content (AvgIpc) is 2.75. The predicted octanol–water partition coefficient (Wildman–Crippen LogP) is 2.85. The van der Waals surface area contributed by atoms with Crippen LogP contribution in [0.3, 0.4) is 0 Å². The molecule has 1 aliphatic rings. The third-order valence-electron chi connectivity index (χ3n) is 5.46. The first-order chi connectivity index (χ1) is 14.4. The second kappa shape index (κ2) is 8.45. The lowest BCUT2D eigenvalue weighted by Crippen LogP contribution is -2.51. The van der Waals surface area contributed by atoms with Crippen molar-refractivity contribution in [2.75, 3.05) is 31.6 Å². The lowest BCUT2D eigenvalue weighted by atomic mass is 10.1. The molecule has 1 atom stereocenters. The SMILES string of the molecule is COC(=O)c1ccc(N2CCN(Cc3cc(=O)n4cc(Cl)ccc4n3)C(C)C2)cc1. The zero-order valence-electron chi connectivity index (χ0n) is 16.9. The maximum Gasteiger partial charge on any atom is 0.337 e. The van der Waals surface area contributed by atoms with Crippen LogP contribution in [0.5, 0.6) is 0 Å². The molecule has 0 aliphatic carbocycles. The van der Waals surface area contributed by atoms with Gasteiger partial charge in [-0.15, -0.1) is 0 Å². The lowest BCUT2D eigenvalue weighted by Gasteiger charge is -2.40. The number of pyridine rings is 1. The quantitative estimate of drug-likeness (QED) is 0.598. The first-order valence-corrected chi connectivity index (χ1v) is 10.2. The van der Waals surface area contributed by atoms with Crippen molar-refractivity contribution in [3.05, 3.63) is 75.3 Å². The molecule has 0 bridgehead atoms. The van der Waals surface area contributed by atoms with Gasteiger partial charge in [-0.05, 0) is 43.3 Å². The number of hydrogen-bond acceptors (Lipinski definition) is 6. The lowest BCUT2D eigenvalue weighted by molar-refractivity contribution is 0.0600. The smallest absolute Gasteiger partial charge is 0.337 e. The van der Waals surface area contributed by atoms with Crippen molar-refractivity contribution in [3.8, 4) is 0 Å². The van der Waals surface area contributed by atoms with E-state index in [0.29, 0.717) is 22.8 Å². The Balaban J connectivity index is 1.45. The molecule has 1 saturated heterocycles. The molecule has 1 unspecified atom stereocenters. The summed E-state index contributed by atoms with van der Waals surface area (Å²) in [5.74, 6) is -0.333. The van der Waals surface area contributed by atoms with Crippen molar-refractivity contribution in [3.63, 3.8) is 0 Å². The normalized spacial score (nSPS) is 17.3. The first kappa shape index (κ1) is 20.4. The fourth-order valence-electron chi connectivity index (χ4n) is 3.81. The van der Waals surface area contributed by atoms with Crippen molar-refractivity contribution in [2.24, 2.45) is 0 Å². The minimum atomic E-state index is -0.333. The summed E-state index contributed by atoms with van der Waals surface area (Å²) in [6, 6.07) is 12.8. The number of carbonyl (C=O) groups is 1. The molecule has 2 aromatic heterocycles. The van der Waals surface area contributed by atoms with Crippen LogP contribution >= 0.6 is 11.6 Å². The van der Waals surface area contributed by atoms with Gasteiger partial charge in [0.05, 0.1) is 23.4 Å². The number of carbonyl (C=O) groups excluding carboxylic acids is 1. The number of rotatable bonds is 4. The van der Waals surface area contributed by atoms with Gasteiger partial charge in [0.2, 0.25) is 0 Å². The number of methoxy groups -OCH3 is 1. The Hall–Kier alpha value is -2.90. The maximum absolute atomic E-state index is 12.4. The summed E-state index contributed by atoms with van der Waals surface area (Å²) in [6.45, 7) is 5.33. The van der Waals surface area contributed by atoms with Crippen molar-refractivity contribution in [1.82, 2.24) is 14.3 Å². The van der Waals surface area contributed by atoms with E-state index in [2.05, 4.69) is 21.7 Å². The van der Waals surface area contributed by atoms with Crippen molar-refractivity contribution < 1.29 is 9.53 Å². The predicted molar refractivity (Wildman–Crippen MR) is 116 cm³/mol. The van der Waals surface area contributed by atoms with Gasteiger partial charge < -0.3 is 9.64 Å². The van der Waals surface area contributed by atoms with E-state index in [-0.39, 0.29) is 17.6 Å². The van der Waals surface area contributed by atoms with Crippen LogP contribution in [-0.4, -0.2) is 53.0 Å². The third kappa shape index (κ3) is 4.17. The molecule has 0 N–H and O–H groups in total. The van der Waals surface area contributed by atoms with E-state index in [1.807, 2.05) is 12.1 Å². The highest BCUT2D eigenvalue weighted by molar-refractivity contribution is 6.30. The van der Waals surface area contributed by atoms with Gasteiger partial charge in [0.25, 0.3) is 5.56 Å². The van der Waals surface area contributed by atoms with E-state index in [1.54, 1.807) is 36.5 Å². The summed E-state index contributed by atoms with van der Waals surface area (Å²) >= 11 is 5.98. The molecule has 1 aliphatic heterocycles. The van der Waals surface area contributed by atoms with E-state index in [0.717, 1.165) is 31.0 Å². The van der Waals surface area contributed by atoms with Gasteiger partial charge in [0.1, 0.15) is 5.65 Å². The van der Waals surface area contributed by atoms with E-state index < -0.39 is 0 Å². The Labute approximate surface area is 179 Å². The van der Waals surface area contributed by atoms with Gasteiger partial charge in [-0.1, -0.05) is 11.6 Å². The van der Waals surface area contributed by atoms with Gasteiger partial charge in [-0.25, -0.2) is 9.78 Å². The van der Waals surface area contributed by atoms with Crippen LogP contribution < -0.4 is 10.5 Å². The van der Waals surface area contributed by atoms with Gasteiger partial charge in [0.15, 0.2) is 0 Å². The minimum Gasteiger partial charge on any atom is -0.465 e. The van der Waals surface area contributed by atoms with E-state index in [4.69, 9.17) is 16.3 Å². The van der Waals surface area contributed by atoms with Crippen LogP contribution in [0, 0.1) is 0 Å². The molecule has 1 fully saturated rings. The van der Waals surface area contributed by atoms with Gasteiger partial charge in [-0.2, -0.15) is 0 Å². The Morgan fingerprint density at radius 2 is 1.97 bits per heavy atom. The average molecular weight is 427 g/mol. The fourth-order valence-corrected chi connectivity index (χ4v) is 3.97. The number of fused-ring (bicyclic) bond motifs is 1. The van der Waals surface area contributed by atoms with Crippen LogP contribution in [0.4, 0.5) is 5.69 Å². The summed E-state index contributed by atoms with van der Waals surface area (Å²) in [4.78, 5) is 33.3. The second-order valence-corrected chi connectivity index (χ2v) is 7.90. The summed E-state index contributed by atoms with van der Waals surface area (Å²) < 4.78 is 6.22. The molecule has 30 heavy (non-hydrogen) atoms. The van der Waals surface area contributed by atoms with Crippen LogP contribution in [0.2, 0.25) is 5.02 Å². The fraction of sp³-hybridized carbons (Fsp3) is 0.318. The molecule has 0 saturated carbocycles. The molecule has 4 rings (SSSR count). The number of halogens is 1. The number of benzene rings is 1. The summed E-state index contributed by atoms with van der Waals surface area (Å²) in [7, 11) is 1.38. The van der Waals surface area contributed by atoms with Crippen molar-refractivity contribution in [2.45, 2.75) is 19.5 Å². The monoisotopic (exact) mass is 426 g/mol. The number of nitrogens with zero attached hydrogens (tertiary/aromatic N) is 4. The van der Waals surface area contributed by atoms with Crippen LogP contribution in [-0.2, 0) is 11.3 Å². The zero-order valence-corrected chi connectivity index (χ0v) is 17.7. The molecule has 0 spiro atoms. The highest BCUT2D eigenvalue weighted by Crippen LogP contribution is 2.21. The Bertz CT molecular complexity index is 1130. The van der Waals surface area contributed by atoms with Crippen LogP contribution in [0.15, 0.2) is 53.5 Å². The third-order valence-corrected chi connectivity index (χ3v) is 5.68. The topological polar surface area (TPSA) is 67.2 Å². The summed E-state index contributed by atoms with van der Waals surface area (Å²) in [6.07, 6.45) is 1.59. The van der Waals surface area contributed by atoms with E-state index in [1.165, 1.54) is 11.5 Å².